The van der Waals surface area contributed by atoms with E-state index in [0.717, 1.165) is 0 Å². The Morgan fingerprint density at radius 1 is 1.28 bits per heavy atom. The van der Waals surface area contributed by atoms with Crippen molar-refractivity contribution in [3.05, 3.63) is 22.7 Å². The highest BCUT2D eigenvalue weighted by Crippen LogP contribution is 2.50. The van der Waals surface area contributed by atoms with Crippen LogP contribution in [0.3, 0.4) is 0 Å². The van der Waals surface area contributed by atoms with E-state index in [1.165, 1.54) is 42.6 Å². The number of hydrogen-bond donors (Lipinski definition) is 2. The lowest BCUT2D eigenvalue weighted by molar-refractivity contribution is -0.114. The number of carbonyl (C=O) groups is 2. The summed E-state index contributed by atoms with van der Waals surface area (Å²) in [5.74, 6) is 0.277. The van der Waals surface area contributed by atoms with Gasteiger partial charge in [0.1, 0.15) is 24.1 Å². The van der Waals surface area contributed by atoms with Crippen LogP contribution >= 0.6 is 20.3 Å². The predicted molar refractivity (Wildman–Crippen MR) is 148 cm³/mol. The molecule has 2 N–H and O–H groups in total. The van der Waals surface area contributed by atoms with Crippen molar-refractivity contribution >= 4 is 37.1 Å². The summed E-state index contributed by atoms with van der Waals surface area (Å²) in [6.45, 7) is 11.1. The number of thioether (sulfide) groups is 1. The van der Waals surface area contributed by atoms with Crippen LogP contribution in [0.2, 0.25) is 0 Å². The Morgan fingerprint density at radius 2 is 1.97 bits per heavy atom. The monoisotopic (exact) mass is 592 g/mol. The third-order valence-corrected chi connectivity index (χ3v) is 8.66. The predicted octanol–water partition coefficient (Wildman–Crippen LogP) is 2.50. The first-order valence-electron chi connectivity index (χ1n) is 12.8. The third-order valence-electron chi connectivity index (χ3n) is 5.63. The molecule has 1 aromatic rings. The molecule has 0 aromatic carbocycles. The van der Waals surface area contributed by atoms with Gasteiger partial charge in [-0.25, -0.2) is 9.46 Å². The maximum absolute atomic E-state index is 12.8. The zero-order valence-electron chi connectivity index (χ0n) is 23.6. The first kappa shape index (κ1) is 33.7. The zero-order chi connectivity index (χ0) is 29.1. The van der Waals surface area contributed by atoms with Crippen molar-refractivity contribution in [3.8, 4) is 0 Å². The van der Waals surface area contributed by atoms with Crippen LogP contribution in [0.25, 0.3) is 0 Å². The van der Waals surface area contributed by atoms with Gasteiger partial charge in [0, 0.05) is 44.5 Å². The summed E-state index contributed by atoms with van der Waals surface area (Å²) in [4.78, 5) is 39.5. The number of hydrogen-bond acceptors (Lipinski definition) is 12. The molecule has 2 unspecified atom stereocenters. The highest BCUT2D eigenvalue weighted by atomic mass is 32.2. The molecule has 13 nitrogen and oxygen atoms in total. The molecular weight excluding hydrogens is 551 g/mol. The molecule has 2 heterocycles. The smallest absolute Gasteiger partial charge is 0.351 e. The van der Waals surface area contributed by atoms with Gasteiger partial charge in [0.25, 0.3) is 8.53 Å². The number of aliphatic hydroxyl groups excluding tert-OH is 1. The topological polar surface area (TPSA) is 151 Å². The van der Waals surface area contributed by atoms with E-state index in [-0.39, 0.29) is 42.3 Å². The number of rotatable bonds is 16. The summed E-state index contributed by atoms with van der Waals surface area (Å²) in [7, 11) is -0.249. The maximum Gasteiger partial charge on any atom is 0.351 e. The Kier molecular flexibility index (Phi) is 14.4. The highest BCUT2D eigenvalue weighted by molar-refractivity contribution is 8.13. The van der Waals surface area contributed by atoms with E-state index in [1.807, 2.05) is 34.6 Å². The number of aliphatic hydroxyl groups is 1. The van der Waals surface area contributed by atoms with Crippen LogP contribution in [0.15, 0.2) is 17.1 Å². The molecule has 1 fully saturated rings. The van der Waals surface area contributed by atoms with Crippen molar-refractivity contribution in [2.45, 2.75) is 84.6 Å². The van der Waals surface area contributed by atoms with Crippen LogP contribution in [-0.2, 0) is 32.8 Å². The van der Waals surface area contributed by atoms with Crippen molar-refractivity contribution in [2.24, 2.45) is 0 Å². The molecule has 1 aliphatic rings. The summed E-state index contributed by atoms with van der Waals surface area (Å²) < 4.78 is 33.1. The minimum atomic E-state index is -1.71. The van der Waals surface area contributed by atoms with Crippen molar-refractivity contribution in [1.29, 1.82) is 0 Å². The molecule has 0 spiro atoms. The average Bonchev–Trinajstić information content (AvgIpc) is 3.21. The molecule has 1 amide bonds. The molecule has 0 aliphatic carbocycles. The van der Waals surface area contributed by atoms with Gasteiger partial charge in [0.2, 0.25) is 5.91 Å². The van der Waals surface area contributed by atoms with Crippen molar-refractivity contribution in [2.75, 3.05) is 38.2 Å². The lowest BCUT2D eigenvalue weighted by Crippen LogP contribution is -2.41. The quantitative estimate of drug-likeness (QED) is 0.165. The molecule has 5 atom stereocenters. The summed E-state index contributed by atoms with van der Waals surface area (Å²) >= 11 is 1.22. The molecule has 15 heteroatoms. The number of ether oxygens (including phenoxy) is 3. The molecule has 0 saturated carbocycles. The lowest BCUT2D eigenvalue weighted by Gasteiger charge is -2.38. The van der Waals surface area contributed by atoms with Gasteiger partial charge in [0.15, 0.2) is 18.1 Å². The molecule has 1 aromatic heterocycles. The molecule has 2 rings (SSSR count). The number of amides is 1. The number of methoxy groups -OCH3 is 1. The fourth-order valence-corrected chi connectivity index (χ4v) is 6.32. The number of carbonyl (C=O) groups excluding carboxylic acids is 2. The SMILES string of the molecule is CCC(=O)SCCOCOP(OC1[C@@H](CO)O[C@@H](n2ccc(NC(C)=O)nc2=O)[C@H]1OC)N(C(C)C)C(C)C. The van der Waals surface area contributed by atoms with Gasteiger partial charge in [-0.3, -0.25) is 18.7 Å². The average molecular weight is 593 g/mol. The molecule has 0 bridgehead atoms. The van der Waals surface area contributed by atoms with Crippen molar-refractivity contribution in [3.63, 3.8) is 0 Å². The van der Waals surface area contributed by atoms with E-state index < -0.39 is 38.8 Å². The minimum absolute atomic E-state index is 0.0497. The normalized spacial score (nSPS) is 22.1. The summed E-state index contributed by atoms with van der Waals surface area (Å²) in [5, 5.41) is 12.7. The first-order valence-corrected chi connectivity index (χ1v) is 14.9. The van der Waals surface area contributed by atoms with E-state index in [9.17, 15) is 19.5 Å². The maximum atomic E-state index is 12.8. The lowest BCUT2D eigenvalue weighted by atomic mass is 10.1. The van der Waals surface area contributed by atoms with Gasteiger partial charge in [-0.2, -0.15) is 4.98 Å². The molecular formula is C24H41N4O9PS. The Balaban J connectivity index is 2.22. The number of aromatic nitrogens is 2. The van der Waals surface area contributed by atoms with Crippen LogP contribution in [-0.4, -0.2) is 93.6 Å². The number of nitrogens with zero attached hydrogens (tertiary/aromatic N) is 3. The van der Waals surface area contributed by atoms with E-state index >= 15 is 0 Å². The Hall–Kier alpha value is -1.48. The van der Waals surface area contributed by atoms with E-state index in [0.29, 0.717) is 18.8 Å². The molecule has 0 radical (unpaired) electrons. The Labute approximate surface area is 234 Å². The van der Waals surface area contributed by atoms with Gasteiger partial charge in [-0.15, -0.1) is 0 Å². The summed E-state index contributed by atoms with van der Waals surface area (Å²) in [6, 6.07) is 1.57. The number of anilines is 1. The Bertz CT molecular complexity index is 975. The van der Waals surface area contributed by atoms with Gasteiger partial charge in [0.05, 0.1) is 13.2 Å². The minimum Gasteiger partial charge on any atom is -0.394 e. The third kappa shape index (κ3) is 9.83. The van der Waals surface area contributed by atoms with E-state index in [1.54, 1.807) is 0 Å². The second-order valence-electron chi connectivity index (χ2n) is 9.24. The second kappa shape index (κ2) is 16.7. The fraction of sp³-hybridized carbons (Fsp3) is 0.750. The largest absolute Gasteiger partial charge is 0.394 e. The highest BCUT2D eigenvalue weighted by Gasteiger charge is 2.49. The number of nitrogens with one attached hydrogen (secondary N) is 1. The molecule has 1 saturated heterocycles. The van der Waals surface area contributed by atoms with Crippen LogP contribution < -0.4 is 11.0 Å². The summed E-state index contributed by atoms with van der Waals surface area (Å²) in [6.07, 6.45) is -1.45. The molecule has 1 aliphatic heterocycles. The first-order chi connectivity index (χ1) is 18.5. The van der Waals surface area contributed by atoms with Crippen LogP contribution in [0.5, 0.6) is 0 Å². The van der Waals surface area contributed by atoms with Gasteiger partial charge in [-0.1, -0.05) is 18.7 Å². The standard InChI is InChI=1S/C24H41N4O9PS/c1-8-20(31)39-12-11-34-14-35-38(28(15(2)3)16(4)5)37-21-18(13-29)36-23(22(21)33-7)27-10-9-19(25-17(6)30)26-24(27)32/h9-10,15-16,18,21-23,29H,8,11-14H2,1-7H3,(H,25,26,30,32)/t18-,21?,22+,23-,38?/m1/s1. The van der Waals surface area contributed by atoms with E-state index in [4.69, 9.17) is 23.3 Å². The Morgan fingerprint density at radius 3 is 2.51 bits per heavy atom. The van der Waals surface area contributed by atoms with Crippen LogP contribution in [0.4, 0.5) is 5.82 Å². The van der Waals surface area contributed by atoms with Crippen LogP contribution in [0, 0.1) is 0 Å². The van der Waals surface area contributed by atoms with Crippen molar-refractivity contribution in [1.82, 2.24) is 14.2 Å². The van der Waals surface area contributed by atoms with Gasteiger partial charge < -0.3 is 29.2 Å². The van der Waals surface area contributed by atoms with Gasteiger partial charge in [-0.05, 0) is 33.8 Å². The fourth-order valence-electron chi connectivity index (χ4n) is 4.00. The van der Waals surface area contributed by atoms with Crippen LogP contribution in [0.1, 0.15) is 54.2 Å². The van der Waals surface area contributed by atoms with E-state index in [2.05, 4.69) is 15.0 Å². The molecule has 39 heavy (non-hydrogen) atoms. The van der Waals surface area contributed by atoms with Crippen molar-refractivity contribution < 1.29 is 38.0 Å². The summed E-state index contributed by atoms with van der Waals surface area (Å²) in [5.41, 5.74) is -0.664. The molecule has 222 valence electrons. The second-order valence-corrected chi connectivity index (χ2v) is 11.8. The van der Waals surface area contributed by atoms with Gasteiger partial charge >= 0.3 is 5.69 Å². The zero-order valence-corrected chi connectivity index (χ0v) is 25.3.